The molecule has 1 N–H and O–H groups in total. The summed E-state index contributed by atoms with van der Waals surface area (Å²) in [5, 5.41) is 2.57. The molecule has 0 atom stereocenters. The van der Waals surface area contributed by atoms with Gasteiger partial charge in [-0.2, -0.15) is 0 Å². The number of rotatable bonds is 4. The van der Waals surface area contributed by atoms with E-state index in [1.807, 2.05) is 54.7 Å². The van der Waals surface area contributed by atoms with Crippen molar-refractivity contribution >= 4 is 38.2 Å². The summed E-state index contributed by atoms with van der Waals surface area (Å²) in [7, 11) is -3.76. The van der Waals surface area contributed by atoms with E-state index in [0.29, 0.717) is 11.1 Å². The number of aryl methyl sites for hydroxylation is 1. The topological polar surface area (TPSA) is 64.0 Å². The molecule has 140 valence electrons. The number of anilines is 1. The van der Waals surface area contributed by atoms with Gasteiger partial charge < -0.3 is 4.57 Å². The lowest BCUT2D eigenvalue weighted by Crippen LogP contribution is -2.14. The monoisotopic (exact) mass is 407 g/mol. The molecule has 7 heteroatoms. The van der Waals surface area contributed by atoms with Crippen LogP contribution in [0.3, 0.4) is 0 Å². The molecule has 1 aliphatic rings. The Morgan fingerprint density at radius 1 is 0.964 bits per heavy atom. The SMILES string of the molecule is O=S(=O)(Nc1ccccc1-c1cn2c(n1)SCC2)c1cccc2ccccc12. The number of para-hydroxylation sites is 1. The summed E-state index contributed by atoms with van der Waals surface area (Å²) in [5.74, 6) is 1.03. The Morgan fingerprint density at radius 2 is 1.75 bits per heavy atom. The standard InChI is InChI=1S/C21H17N3O2S2/c25-28(26,20-11-5-7-15-6-1-2-8-16(15)20)23-18-10-4-3-9-17(18)19-14-24-12-13-27-21(24)22-19/h1-11,14,23H,12-13H2. The van der Waals surface area contributed by atoms with Crippen molar-refractivity contribution < 1.29 is 8.42 Å². The van der Waals surface area contributed by atoms with Gasteiger partial charge in [0.1, 0.15) is 0 Å². The van der Waals surface area contributed by atoms with E-state index in [2.05, 4.69) is 14.3 Å². The van der Waals surface area contributed by atoms with Crippen molar-refractivity contribution in [1.82, 2.24) is 9.55 Å². The Kier molecular flexibility index (Phi) is 4.14. The average molecular weight is 408 g/mol. The minimum absolute atomic E-state index is 0.267. The van der Waals surface area contributed by atoms with Gasteiger partial charge in [-0.1, -0.05) is 66.4 Å². The van der Waals surface area contributed by atoms with Gasteiger partial charge in [-0.05, 0) is 17.5 Å². The first-order valence-electron chi connectivity index (χ1n) is 8.92. The van der Waals surface area contributed by atoms with E-state index in [-0.39, 0.29) is 4.90 Å². The first-order chi connectivity index (χ1) is 13.6. The number of nitrogens with zero attached hydrogens (tertiary/aromatic N) is 2. The minimum Gasteiger partial charge on any atom is -0.325 e. The van der Waals surface area contributed by atoms with E-state index in [0.717, 1.165) is 34.1 Å². The molecule has 0 spiro atoms. The van der Waals surface area contributed by atoms with Crippen molar-refractivity contribution in [1.29, 1.82) is 0 Å². The van der Waals surface area contributed by atoms with Crippen LogP contribution < -0.4 is 4.72 Å². The van der Waals surface area contributed by atoms with Gasteiger partial charge in [0.2, 0.25) is 0 Å². The van der Waals surface area contributed by atoms with E-state index in [1.54, 1.807) is 30.0 Å². The number of thioether (sulfide) groups is 1. The molecule has 5 rings (SSSR count). The van der Waals surface area contributed by atoms with Crippen LogP contribution >= 0.6 is 11.8 Å². The van der Waals surface area contributed by atoms with E-state index in [9.17, 15) is 8.42 Å². The molecular formula is C21H17N3O2S2. The largest absolute Gasteiger partial charge is 0.325 e. The van der Waals surface area contributed by atoms with Gasteiger partial charge in [-0.25, -0.2) is 13.4 Å². The highest BCUT2D eigenvalue weighted by molar-refractivity contribution is 7.99. The fourth-order valence-corrected chi connectivity index (χ4v) is 5.72. The van der Waals surface area contributed by atoms with Crippen LogP contribution in [0.2, 0.25) is 0 Å². The molecule has 0 amide bonds. The molecule has 0 saturated carbocycles. The molecule has 3 aromatic carbocycles. The maximum Gasteiger partial charge on any atom is 0.262 e. The van der Waals surface area contributed by atoms with Crippen LogP contribution in [0, 0.1) is 0 Å². The third-order valence-corrected chi connectivity index (χ3v) is 7.18. The Morgan fingerprint density at radius 3 is 2.64 bits per heavy atom. The van der Waals surface area contributed by atoms with Gasteiger partial charge in [-0.15, -0.1) is 0 Å². The number of aromatic nitrogens is 2. The maximum atomic E-state index is 13.2. The van der Waals surface area contributed by atoms with Crippen molar-refractivity contribution in [3.05, 3.63) is 72.9 Å². The molecule has 0 radical (unpaired) electrons. The van der Waals surface area contributed by atoms with Crippen molar-refractivity contribution in [2.75, 3.05) is 10.5 Å². The zero-order chi connectivity index (χ0) is 19.1. The van der Waals surface area contributed by atoms with Crippen molar-refractivity contribution in [2.45, 2.75) is 16.6 Å². The molecule has 0 fully saturated rings. The molecule has 0 bridgehead atoms. The Balaban J connectivity index is 1.57. The molecule has 2 heterocycles. The molecule has 0 saturated heterocycles. The summed E-state index contributed by atoms with van der Waals surface area (Å²) in [4.78, 5) is 4.93. The van der Waals surface area contributed by atoms with E-state index in [4.69, 9.17) is 0 Å². The van der Waals surface area contributed by atoms with Gasteiger partial charge in [0.25, 0.3) is 10.0 Å². The molecular weight excluding hydrogens is 390 g/mol. The molecule has 1 aliphatic heterocycles. The minimum atomic E-state index is -3.76. The van der Waals surface area contributed by atoms with Crippen LogP contribution in [0.15, 0.2) is 83.0 Å². The highest BCUT2D eigenvalue weighted by Crippen LogP contribution is 2.34. The first kappa shape index (κ1) is 17.3. The third-order valence-electron chi connectivity index (χ3n) is 4.79. The van der Waals surface area contributed by atoms with Crippen molar-refractivity contribution in [2.24, 2.45) is 0 Å². The van der Waals surface area contributed by atoms with Gasteiger partial charge in [0, 0.05) is 29.4 Å². The second kappa shape index (κ2) is 6.68. The summed E-state index contributed by atoms with van der Waals surface area (Å²) in [6.45, 7) is 0.927. The Labute approximate surface area is 167 Å². The van der Waals surface area contributed by atoms with Crippen LogP contribution in [-0.2, 0) is 16.6 Å². The summed E-state index contributed by atoms with van der Waals surface area (Å²) in [6, 6.07) is 20.2. The summed E-state index contributed by atoms with van der Waals surface area (Å²) < 4.78 is 31.3. The van der Waals surface area contributed by atoms with Crippen molar-refractivity contribution in [3.8, 4) is 11.3 Å². The van der Waals surface area contributed by atoms with Crippen LogP contribution in [0.25, 0.3) is 22.0 Å². The van der Waals surface area contributed by atoms with Crippen LogP contribution in [0.1, 0.15) is 0 Å². The third kappa shape index (κ3) is 2.96. The maximum absolute atomic E-state index is 13.2. The van der Waals surface area contributed by atoms with Gasteiger partial charge in [-0.3, -0.25) is 4.72 Å². The number of hydrogen-bond donors (Lipinski definition) is 1. The number of hydrogen-bond acceptors (Lipinski definition) is 4. The first-order valence-corrected chi connectivity index (χ1v) is 11.4. The molecule has 28 heavy (non-hydrogen) atoms. The smallest absolute Gasteiger partial charge is 0.262 e. The summed E-state index contributed by atoms with van der Waals surface area (Å²) in [5.41, 5.74) is 2.07. The second-order valence-electron chi connectivity index (χ2n) is 6.58. The lowest BCUT2D eigenvalue weighted by Gasteiger charge is -2.13. The van der Waals surface area contributed by atoms with E-state index in [1.165, 1.54) is 0 Å². The molecule has 5 nitrogen and oxygen atoms in total. The van der Waals surface area contributed by atoms with Gasteiger partial charge in [0.05, 0.1) is 16.3 Å². The molecule has 0 aliphatic carbocycles. The lowest BCUT2D eigenvalue weighted by atomic mass is 10.1. The van der Waals surface area contributed by atoms with Gasteiger partial charge in [0.15, 0.2) is 5.16 Å². The van der Waals surface area contributed by atoms with Gasteiger partial charge >= 0.3 is 0 Å². The predicted molar refractivity (Wildman–Crippen MR) is 113 cm³/mol. The lowest BCUT2D eigenvalue weighted by molar-refractivity contribution is 0.602. The number of imidazole rings is 1. The molecule has 1 aromatic heterocycles. The predicted octanol–water partition coefficient (Wildman–Crippen LogP) is 4.61. The number of benzene rings is 3. The average Bonchev–Trinajstić information content (AvgIpc) is 3.30. The number of nitrogens with one attached hydrogen (secondary N) is 1. The fourth-order valence-electron chi connectivity index (χ4n) is 3.46. The van der Waals surface area contributed by atoms with Crippen LogP contribution in [-0.4, -0.2) is 23.7 Å². The van der Waals surface area contributed by atoms with E-state index < -0.39 is 10.0 Å². The Hall–Kier alpha value is -2.77. The zero-order valence-corrected chi connectivity index (χ0v) is 16.5. The van der Waals surface area contributed by atoms with Crippen LogP contribution in [0.4, 0.5) is 5.69 Å². The number of sulfonamides is 1. The molecule has 4 aromatic rings. The Bertz CT molecular complexity index is 1270. The van der Waals surface area contributed by atoms with E-state index >= 15 is 0 Å². The highest BCUT2D eigenvalue weighted by Gasteiger charge is 2.21. The molecule has 0 unspecified atom stereocenters. The quantitative estimate of drug-likeness (QED) is 0.537. The number of fused-ring (bicyclic) bond motifs is 2. The van der Waals surface area contributed by atoms with Crippen molar-refractivity contribution in [3.63, 3.8) is 0 Å². The fraction of sp³-hybridized carbons (Fsp3) is 0.0952. The highest BCUT2D eigenvalue weighted by atomic mass is 32.2. The zero-order valence-electron chi connectivity index (χ0n) is 14.9. The van der Waals surface area contributed by atoms with Crippen LogP contribution in [0.5, 0.6) is 0 Å². The second-order valence-corrected chi connectivity index (χ2v) is 9.29. The normalized spacial score (nSPS) is 13.6. The summed E-state index contributed by atoms with van der Waals surface area (Å²) in [6.07, 6.45) is 1.99. The summed E-state index contributed by atoms with van der Waals surface area (Å²) >= 11 is 1.71.